The largest absolute Gasteiger partial charge is 0.490 e. The van der Waals surface area contributed by atoms with Crippen LogP contribution in [0.3, 0.4) is 0 Å². The van der Waals surface area contributed by atoms with E-state index in [0.717, 1.165) is 5.56 Å². The first-order valence-electron chi connectivity index (χ1n) is 10.1. The van der Waals surface area contributed by atoms with Crippen LogP contribution in [0.4, 0.5) is 15.1 Å². The Bertz CT molecular complexity index is 837. The van der Waals surface area contributed by atoms with Gasteiger partial charge in [0.2, 0.25) is 5.95 Å². The van der Waals surface area contributed by atoms with Gasteiger partial charge in [-0.1, -0.05) is 12.1 Å². The number of hydrogen-bond acceptors (Lipinski definition) is 6. The summed E-state index contributed by atoms with van der Waals surface area (Å²) in [5.74, 6) is 0.947. The Morgan fingerprint density at radius 3 is 2.43 bits per heavy atom. The van der Waals surface area contributed by atoms with E-state index in [9.17, 15) is 9.18 Å². The molecule has 0 spiro atoms. The van der Waals surface area contributed by atoms with Crippen LogP contribution in [0.2, 0.25) is 0 Å². The fourth-order valence-corrected chi connectivity index (χ4v) is 3.22. The summed E-state index contributed by atoms with van der Waals surface area (Å²) >= 11 is 0. The van der Waals surface area contributed by atoms with Crippen LogP contribution in [-0.2, 0) is 11.2 Å². The van der Waals surface area contributed by atoms with Crippen LogP contribution in [0.5, 0.6) is 5.75 Å². The molecule has 1 atom stereocenters. The van der Waals surface area contributed by atoms with Gasteiger partial charge in [0.1, 0.15) is 11.4 Å². The highest BCUT2D eigenvalue weighted by molar-refractivity contribution is 5.68. The van der Waals surface area contributed by atoms with E-state index < -0.39 is 5.60 Å². The molecule has 0 bridgehead atoms. The monoisotopic (exact) mass is 416 g/mol. The van der Waals surface area contributed by atoms with Gasteiger partial charge in [0.15, 0.2) is 5.75 Å². The molecular formula is C22H29FN4O3. The third-order valence-electron chi connectivity index (χ3n) is 4.72. The number of rotatable bonds is 5. The molecule has 2 heterocycles. The summed E-state index contributed by atoms with van der Waals surface area (Å²) < 4.78 is 24.1. The minimum Gasteiger partial charge on any atom is -0.490 e. The molecule has 1 aliphatic heterocycles. The fraction of sp³-hybridized carbons (Fsp3) is 0.500. The van der Waals surface area contributed by atoms with Gasteiger partial charge in [-0.25, -0.2) is 19.2 Å². The molecule has 1 aromatic carbocycles. The molecule has 0 N–H and O–H groups in total. The summed E-state index contributed by atoms with van der Waals surface area (Å²) in [4.78, 5) is 24.9. The molecule has 1 fully saturated rings. The Balaban J connectivity index is 1.50. The van der Waals surface area contributed by atoms with Crippen molar-refractivity contribution in [1.82, 2.24) is 14.9 Å². The van der Waals surface area contributed by atoms with Crippen LogP contribution in [0.25, 0.3) is 0 Å². The standard InChI is InChI=1S/C22H29FN4O3/c1-16-15-26(21(28)30-22(2,3)4)10-11-27(16)20-24-13-19(14-25-20)29-12-9-17-5-7-18(23)8-6-17/h5-8,13-14,16H,9-12,15H2,1-4H3/t16-/m1/s1. The first-order chi connectivity index (χ1) is 14.2. The summed E-state index contributed by atoms with van der Waals surface area (Å²) in [7, 11) is 0. The van der Waals surface area contributed by atoms with Crippen molar-refractivity contribution in [2.24, 2.45) is 0 Å². The van der Waals surface area contributed by atoms with Crippen LogP contribution in [0, 0.1) is 5.82 Å². The lowest BCUT2D eigenvalue weighted by Gasteiger charge is -2.40. The van der Waals surface area contributed by atoms with E-state index in [2.05, 4.69) is 14.9 Å². The highest BCUT2D eigenvalue weighted by Gasteiger charge is 2.30. The Labute approximate surface area is 176 Å². The van der Waals surface area contributed by atoms with Gasteiger partial charge in [-0.3, -0.25) is 0 Å². The van der Waals surface area contributed by atoms with E-state index in [0.29, 0.717) is 44.4 Å². The Morgan fingerprint density at radius 1 is 1.17 bits per heavy atom. The SMILES string of the molecule is C[C@@H]1CN(C(=O)OC(C)(C)C)CCN1c1ncc(OCCc2ccc(F)cc2)cn1. The number of ether oxygens (including phenoxy) is 2. The average molecular weight is 416 g/mol. The number of piperazine rings is 1. The second-order valence-electron chi connectivity index (χ2n) is 8.41. The van der Waals surface area contributed by atoms with Gasteiger partial charge < -0.3 is 19.3 Å². The van der Waals surface area contributed by atoms with Gasteiger partial charge in [0.05, 0.1) is 19.0 Å². The molecule has 1 amide bonds. The number of amides is 1. The first-order valence-corrected chi connectivity index (χ1v) is 10.1. The van der Waals surface area contributed by atoms with E-state index in [1.165, 1.54) is 12.1 Å². The van der Waals surface area contributed by atoms with E-state index in [1.54, 1.807) is 29.4 Å². The molecule has 3 rings (SSSR count). The Hall–Kier alpha value is -2.90. The predicted molar refractivity (Wildman–Crippen MR) is 112 cm³/mol. The molecule has 2 aromatic rings. The van der Waals surface area contributed by atoms with Crippen molar-refractivity contribution in [2.45, 2.75) is 45.8 Å². The van der Waals surface area contributed by atoms with Gasteiger partial charge in [0, 0.05) is 32.1 Å². The molecule has 0 saturated carbocycles. The van der Waals surface area contributed by atoms with E-state index in [1.807, 2.05) is 27.7 Å². The lowest BCUT2D eigenvalue weighted by Crippen LogP contribution is -2.55. The molecule has 0 aliphatic carbocycles. The summed E-state index contributed by atoms with van der Waals surface area (Å²) in [6, 6.07) is 6.44. The van der Waals surface area contributed by atoms with Crippen molar-refractivity contribution in [3.63, 3.8) is 0 Å². The number of nitrogens with zero attached hydrogens (tertiary/aromatic N) is 4. The van der Waals surface area contributed by atoms with E-state index >= 15 is 0 Å². The van der Waals surface area contributed by atoms with Gasteiger partial charge in [-0.2, -0.15) is 0 Å². The van der Waals surface area contributed by atoms with Crippen LogP contribution in [0.15, 0.2) is 36.7 Å². The van der Waals surface area contributed by atoms with Crippen LogP contribution in [0.1, 0.15) is 33.3 Å². The second-order valence-corrected chi connectivity index (χ2v) is 8.41. The topological polar surface area (TPSA) is 67.8 Å². The molecule has 7 nitrogen and oxygen atoms in total. The van der Waals surface area contributed by atoms with Crippen molar-refractivity contribution in [1.29, 1.82) is 0 Å². The quantitative estimate of drug-likeness (QED) is 0.741. The zero-order valence-corrected chi connectivity index (χ0v) is 18.0. The van der Waals surface area contributed by atoms with Crippen molar-refractivity contribution < 1.29 is 18.7 Å². The van der Waals surface area contributed by atoms with Crippen molar-refractivity contribution in [3.8, 4) is 5.75 Å². The number of hydrogen-bond donors (Lipinski definition) is 0. The molecule has 0 unspecified atom stereocenters. The average Bonchev–Trinajstić information content (AvgIpc) is 2.69. The zero-order chi connectivity index (χ0) is 21.7. The Kier molecular flexibility index (Phi) is 6.74. The van der Waals surface area contributed by atoms with Crippen LogP contribution >= 0.6 is 0 Å². The Morgan fingerprint density at radius 2 is 1.83 bits per heavy atom. The lowest BCUT2D eigenvalue weighted by atomic mass is 10.2. The third kappa shape index (κ3) is 6.05. The molecule has 1 aliphatic rings. The van der Waals surface area contributed by atoms with Crippen molar-refractivity contribution >= 4 is 12.0 Å². The predicted octanol–water partition coefficient (Wildman–Crippen LogP) is 3.68. The summed E-state index contributed by atoms with van der Waals surface area (Å²) in [5.41, 5.74) is 0.498. The van der Waals surface area contributed by atoms with Crippen molar-refractivity contribution in [3.05, 3.63) is 48.0 Å². The maximum Gasteiger partial charge on any atom is 0.410 e. The third-order valence-corrected chi connectivity index (χ3v) is 4.72. The highest BCUT2D eigenvalue weighted by Crippen LogP contribution is 2.20. The maximum atomic E-state index is 12.9. The normalized spacial score (nSPS) is 17.0. The molecule has 0 radical (unpaired) electrons. The van der Waals surface area contributed by atoms with Crippen molar-refractivity contribution in [2.75, 3.05) is 31.1 Å². The minimum atomic E-state index is -0.507. The zero-order valence-electron chi connectivity index (χ0n) is 18.0. The molecular weight excluding hydrogens is 387 g/mol. The number of anilines is 1. The number of halogens is 1. The number of carbonyl (C=O) groups excluding carboxylic acids is 1. The fourth-order valence-electron chi connectivity index (χ4n) is 3.22. The van der Waals surface area contributed by atoms with Gasteiger partial charge in [-0.15, -0.1) is 0 Å². The maximum absolute atomic E-state index is 12.9. The molecule has 30 heavy (non-hydrogen) atoms. The number of carbonyl (C=O) groups is 1. The molecule has 8 heteroatoms. The first kappa shape index (κ1) is 21.8. The van der Waals surface area contributed by atoms with E-state index in [4.69, 9.17) is 9.47 Å². The van der Waals surface area contributed by atoms with Gasteiger partial charge >= 0.3 is 6.09 Å². The summed E-state index contributed by atoms with van der Waals surface area (Å²) in [6.45, 7) is 9.81. The highest BCUT2D eigenvalue weighted by atomic mass is 19.1. The lowest BCUT2D eigenvalue weighted by molar-refractivity contribution is 0.0218. The van der Waals surface area contributed by atoms with Gasteiger partial charge in [-0.05, 0) is 45.4 Å². The molecule has 1 saturated heterocycles. The van der Waals surface area contributed by atoms with E-state index in [-0.39, 0.29) is 18.0 Å². The molecule has 162 valence electrons. The number of benzene rings is 1. The van der Waals surface area contributed by atoms with Crippen LogP contribution < -0.4 is 9.64 Å². The summed E-state index contributed by atoms with van der Waals surface area (Å²) in [5, 5.41) is 0. The molecule has 1 aromatic heterocycles. The van der Waals surface area contributed by atoms with Gasteiger partial charge in [0.25, 0.3) is 0 Å². The summed E-state index contributed by atoms with van der Waals surface area (Å²) in [6.07, 6.45) is 3.69. The van der Waals surface area contributed by atoms with Crippen LogP contribution in [-0.4, -0.2) is 58.8 Å². The number of aromatic nitrogens is 2. The smallest absolute Gasteiger partial charge is 0.410 e. The second kappa shape index (κ2) is 9.28. The minimum absolute atomic E-state index is 0.0662.